The fourth-order valence-electron chi connectivity index (χ4n) is 1.17. The van der Waals surface area contributed by atoms with E-state index in [1.165, 1.54) is 0 Å². The Morgan fingerprint density at radius 3 is 1.47 bits per heavy atom. The smallest absolute Gasteiger partial charge is 1.00 e. The molecule has 0 saturated carbocycles. The molecule has 5 heteroatoms. The number of benzene rings is 1. The van der Waals surface area contributed by atoms with Gasteiger partial charge in [-0.1, -0.05) is 0 Å². The summed E-state index contributed by atoms with van der Waals surface area (Å²) in [4.78, 5) is 22.6. The second-order valence-corrected chi connectivity index (χ2v) is 3.02. The van der Waals surface area contributed by atoms with Crippen LogP contribution in [0.5, 0.6) is 0 Å². The summed E-state index contributed by atoms with van der Waals surface area (Å²) >= 11 is 0. The fraction of sp³-hybridized carbons (Fsp3) is 0.333. The largest absolute Gasteiger partial charge is 1.00 e. The Hall–Kier alpha value is -1.24. The van der Waals surface area contributed by atoms with Crippen LogP contribution in [0.15, 0.2) is 24.3 Å². The standard InChI is InChI=1S/C12H14O4.Li.H/c1-3-15-11(13)9-5-7-10(8-6-9)12(14)16-4-2;;/h5-8H,3-4H2,1-2H3;;/q;+1;-1. The molecule has 17 heavy (non-hydrogen) atoms. The SMILES string of the molecule is CCOC(=O)c1ccc(C(=O)OCC)cc1.[H-].[Li+]. The monoisotopic (exact) mass is 230 g/mol. The third-order valence-corrected chi connectivity index (χ3v) is 1.91. The molecule has 0 aromatic heterocycles. The minimum atomic E-state index is -0.391. The second-order valence-electron chi connectivity index (χ2n) is 3.02. The van der Waals surface area contributed by atoms with Crippen molar-refractivity contribution >= 4 is 11.9 Å². The van der Waals surface area contributed by atoms with E-state index in [4.69, 9.17) is 9.47 Å². The Balaban J connectivity index is 0. The summed E-state index contributed by atoms with van der Waals surface area (Å²) in [6.07, 6.45) is 0. The predicted octanol–water partition coefficient (Wildman–Crippen LogP) is -0.843. The van der Waals surface area contributed by atoms with Gasteiger partial charge in [-0.25, -0.2) is 9.59 Å². The molecule has 0 saturated heterocycles. The van der Waals surface area contributed by atoms with Crippen molar-refractivity contribution in [3.05, 3.63) is 35.4 Å². The maximum absolute atomic E-state index is 11.3. The molecule has 1 rings (SSSR count). The van der Waals surface area contributed by atoms with Crippen LogP contribution in [0.4, 0.5) is 0 Å². The van der Waals surface area contributed by atoms with Gasteiger partial charge in [0.15, 0.2) is 0 Å². The van der Waals surface area contributed by atoms with E-state index in [0.29, 0.717) is 24.3 Å². The Kier molecular flexibility index (Phi) is 7.36. The van der Waals surface area contributed by atoms with Crippen molar-refractivity contribution in [3.63, 3.8) is 0 Å². The van der Waals surface area contributed by atoms with Gasteiger partial charge in [0.25, 0.3) is 0 Å². The zero-order valence-electron chi connectivity index (χ0n) is 11.4. The van der Waals surface area contributed by atoms with Gasteiger partial charge in [-0.05, 0) is 38.1 Å². The van der Waals surface area contributed by atoms with E-state index in [9.17, 15) is 9.59 Å². The molecule has 0 bridgehead atoms. The van der Waals surface area contributed by atoms with E-state index < -0.39 is 11.9 Å². The van der Waals surface area contributed by atoms with Crippen LogP contribution in [0.25, 0.3) is 0 Å². The van der Waals surface area contributed by atoms with Crippen LogP contribution in [0, 0.1) is 0 Å². The minimum absolute atomic E-state index is 0. The van der Waals surface area contributed by atoms with Gasteiger partial charge in [-0.15, -0.1) is 0 Å². The third-order valence-electron chi connectivity index (χ3n) is 1.91. The number of rotatable bonds is 4. The second kappa shape index (κ2) is 7.94. The Morgan fingerprint density at radius 2 is 1.24 bits per heavy atom. The van der Waals surface area contributed by atoms with Crippen LogP contribution in [-0.4, -0.2) is 25.2 Å². The molecule has 0 aliphatic carbocycles. The Labute approximate surface area is 114 Å². The number of carbonyl (C=O) groups excluding carboxylic acids is 2. The molecule has 0 aliphatic heterocycles. The molecule has 0 fully saturated rings. The van der Waals surface area contributed by atoms with E-state index in [1.807, 2.05) is 0 Å². The van der Waals surface area contributed by atoms with Crippen LogP contribution in [-0.2, 0) is 9.47 Å². The summed E-state index contributed by atoms with van der Waals surface area (Å²) in [6.45, 7) is 4.15. The first-order valence-electron chi connectivity index (χ1n) is 5.13. The van der Waals surface area contributed by atoms with Gasteiger partial charge < -0.3 is 10.9 Å². The summed E-state index contributed by atoms with van der Waals surface area (Å²) in [7, 11) is 0. The van der Waals surface area contributed by atoms with Gasteiger partial charge in [0.2, 0.25) is 0 Å². The molecule has 1 aromatic rings. The minimum Gasteiger partial charge on any atom is -1.00 e. The quantitative estimate of drug-likeness (QED) is 0.500. The average Bonchev–Trinajstić information content (AvgIpc) is 2.30. The zero-order valence-corrected chi connectivity index (χ0v) is 10.4. The predicted molar refractivity (Wildman–Crippen MR) is 59.5 cm³/mol. The summed E-state index contributed by atoms with van der Waals surface area (Å²) in [5.74, 6) is -0.782. The molecule has 0 N–H and O–H groups in total. The van der Waals surface area contributed by atoms with E-state index in [1.54, 1.807) is 38.1 Å². The van der Waals surface area contributed by atoms with Crippen molar-refractivity contribution in [2.45, 2.75) is 13.8 Å². The molecule has 4 nitrogen and oxygen atoms in total. The zero-order chi connectivity index (χ0) is 12.0. The van der Waals surface area contributed by atoms with Gasteiger partial charge in [0.05, 0.1) is 24.3 Å². The van der Waals surface area contributed by atoms with Crippen molar-refractivity contribution in [2.24, 2.45) is 0 Å². The molecule has 1 aromatic carbocycles. The molecular formula is C12H15LiO4. The molecule has 0 radical (unpaired) electrons. The third kappa shape index (κ3) is 4.64. The van der Waals surface area contributed by atoms with Gasteiger partial charge >= 0.3 is 30.8 Å². The Morgan fingerprint density at radius 1 is 0.941 bits per heavy atom. The number of hydrogen-bond acceptors (Lipinski definition) is 4. The van der Waals surface area contributed by atoms with Crippen LogP contribution in [0.1, 0.15) is 36.0 Å². The Bertz CT molecular complexity index is 341. The van der Waals surface area contributed by atoms with Gasteiger partial charge in [-0.3, -0.25) is 0 Å². The van der Waals surface area contributed by atoms with E-state index >= 15 is 0 Å². The van der Waals surface area contributed by atoms with Crippen LogP contribution < -0.4 is 18.9 Å². The van der Waals surface area contributed by atoms with E-state index in [2.05, 4.69) is 0 Å². The first-order chi connectivity index (χ1) is 7.69. The normalized spacial score (nSPS) is 9.06. The maximum Gasteiger partial charge on any atom is 1.00 e. The first kappa shape index (κ1) is 15.8. The summed E-state index contributed by atoms with van der Waals surface area (Å²) in [6, 6.07) is 6.18. The van der Waals surface area contributed by atoms with Gasteiger partial charge in [0.1, 0.15) is 0 Å². The molecular weight excluding hydrogens is 215 g/mol. The van der Waals surface area contributed by atoms with E-state index in [-0.39, 0.29) is 20.3 Å². The molecule has 0 unspecified atom stereocenters. The van der Waals surface area contributed by atoms with E-state index in [0.717, 1.165) is 0 Å². The molecule has 0 heterocycles. The molecule has 0 amide bonds. The number of ether oxygens (including phenoxy) is 2. The number of carbonyl (C=O) groups is 2. The van der Waals surface area contributed by atoms with Crippen LogP contribution >= 0.6 is 0 Å². The summed E-state index contributed by atoms with van der Waals surface area (Å²) < 4.78 is 9.64. The summed E-state index contributed by atoms with van der Waals surface area (Å²) in [5, 5.41) is 0. The molecule has 0 aliphatic rings. The van der Waals surface area contributed by atoms with Crippen molar-refractivity contribution in [1.82, 2.24) is 0 Å². The van der Waals surface area contributed by atoms with Crippen molar-refractivity contribution in [1.29, 1.82) is 0 Å². The fourth-order valence-corrected chi connectivity index (χ4v) is 1.17. The number of hydrogen-bond donors (Lipinski definition) is 0. The molecule has 0 atom stereocenters. The van der Waals surface area contributed by atoms with Crippen molar-refractivity contribution in [2.75, 3.05) is 13.2 Å². The topological polar surface area (TPSA) is 52.6 Å². The summed E-state index contributed by atoms with van der Waals surface area (Å²) in [5.41, 5.74) is 0.852. The first-order valence-corrected chi connectivity index (χ1v) is 5.13. The van der Waals surface area contributed by atoms with Gasteiger partial charge in [0, 0.05) is 0 Å². The van der Waals surface area contributed by atoms with Gasteiger partial charge in [-0.2, -0.15) is 0 Å². The van der Waals surface area contributed by atoms with Crippen LogP contribution in [0.3, 0.4) is 0 Å². The van der Waals surface area contributed by atoms with Crippen molar-refractivity contribution < 1.29 is 39.4 Å². The van der Waals surface area contributed by atoms with Crippen LogP contribution in [0.2, 0.25) is 0 Å². The maximum atomic E-state index is 11.3. The molecule has 88 valence electrons. The molecule has 0 spiro atoms. The average molecular weight is 230 g/mol. The van der Waals surface area contributed by atoms with Crippen molar-refractivity contribution in [3.8, 4) is 0 Å². The number of esters is 2.